The van der Waals surface area contributed by atoms with Crippen molar-refractivity contribution >= 4 is 34.9 Å². The second-order valence-corrected chi connectivity index (χ2v) is 10.3. The molecule has 40 heavy (non-hydrogen) atoms. The molecular weight excluding hydrogens is 545 g/mol. The van der Waals surface area contributed by atoms with Gasteiger partial charge in [-0.25, -0.2) is 9.97 Å². The molecule has 2 aliphatic rings. The first-order chi connectivity index (χ1) is 19.2. The number of anilines is 1. The Morgan fingerprint density at radius 3 is 2.67 bits per heavy atom. The lowest BCUT2D eigenvalue weighted by Crippen LogP contribution is -2.38. The van der Waals surface area contributed by atoms with Crippen molar-refractivity contribution in [2.45, 2.75) is 25.7 Å². The van der Waals surface area contributed by atoms with Crippen LogP contribution in [-0.2, 0) is 11.3 Å². The number of piperidine rings is 1. The number of thioether (sulfide) groups is 1. The number of halogens is 3. The van der Waals surface area contributed by atoms with Gasteiger partial charge in [0.2, 0.25) is 5.95 Å². The van der Waals surface area contributed by atoms with Gasteiger partial charge in [0.1, 0.15) is 5.75 Å². The van der Waals surface area contributed by atoms with Crippen LogP contribution < -0.4 is 20.3 Å². The standard InChI is InChI=1S/C27H25F3N6O3S/c28-27(29,30)39-21-5-1-3-18(13-21)23-19(4-2-9-32-23)16-31-15-17-7-11-36(12-8-17)25-33-10-6-20(34-25)14-22-24(37)35-26(38)40-22/h1-6,9-10,13-14,17,31H,7-8,11-12,15-16H2,(H,35,37,38). The number of rotatable bonds is 8. The molecule has 5 rings (SSSR count). The third-order valence-corrected chi connectivity index (χ3v) is 7.27. The molecule has 4 heterocycles. The summed E-state index contributed by atoms with van der Waals surface area (Å²) in [6.07, 6.45) is 1.91. The van der Waals surface area contributed by atoms with Crippen molar-refractivity contribution in [2.75, 3.05) is 24.5 Å². The summed E-state index contributed by atoms with van der Waals surface area (Å²) >= 11 is 0.848. The number of carbonyl (C=O) groups excluding carboxylic acids is 2. The molecule has 0 bridgehead atoms. The summed E-state index contributed by atoms with van der Waals surface area (Å²) in [4.78, 5) is 38.9. The monoisotopic (exact) mass is 570 g/mol. The van der Waals surface area contributed by atoms with Crippen molar-refractivity contribution < 1.29 is 27.5 Å². The van der Waals surface area contributed by atoms with Crippen LogP contribution in [0.15, 0.2) is 59.8 Å². The van der Waals surface area contributed by atoms with E-state index in [1.807, 2.05) is 6.07 Å². The summed E-state index contributed by atoms with van der Waals surface area (Å²) in [5.74, 6) is 0.290. The van der Waals surface area contributed by atoms with Gasteiger partial charge in [-0.15, -0.1) is 13.2 Å². The fourth-order valence-electron chi connectivity index (χ4n) is 4.58. The average molecular weight is 571 g/mol. The van der Waals surface area contributed by atoms with E-state index < -0.39 is 17.5 Å². The van der Waals surface area contributed by atoms with Crippen LogP contribution in [0.5, 0.6) is 5.75 Å². The lowest BCUT2D eigenvalue weighted by atomic mass is 9.97. The van der Waals surface area contributed by atoms with Crippen LogP contribution in [0, 0.1) is 5.92 Å². The number of nitrogens with zero attached hydrogens (tertiary/aromatic N) is 4. The van der Waals surface area contributed by atoms with Gasteiger partial charge < -0.3 is 15.0 Å². The maximum absolute atomic E-state index is 12.7. The molecule has 0 spiro atoms. The fraction of sp³-hybridized carbons (Fsp3) is 0.296. The zero-order valence-electron chi connectivity index (χ0n) is 21.1. The Kier molecular flexibility index (Phi) is 8.31. The highest BCUT2D eigenvalue weighted by Gasteiger charge is 2.31. The molecule has 2 aromatic heterocycles. The van der Waals surface area contributed by atoms with Crippen LogP contribution in [0.1, 0.15) is 24.1 Å². The second kappa shape index (κ2) is 12.0. The number of ether oxygens (including phenoxy) is 1. The second-order valence-electron chi connectivity index (χ2n) is 9.28. The quantitative estimate of drug-likeness (QED) is 0.370. The van der Waals surface area contributed by atoms with Gasteiger partial charge in [0, 0.05) is 37.6 Å². The number of alkyl halides is 3. The number of benzene rings is 1. The highest BCUT2D eigenvalue weighted by molar-refractivity contribution is 8.18. The summed E-state index contributed by atoms with van der Waals surface area (Å²) in [6.45, 7) is 2.82. The lowest BCUT2D eigenvalue weighted by Gasteiger charge is -2.32. The molecule has 208 valence electrons. The molecule has 0 atom stereocenters. The summed E-state index contributed by atoms with van der Waals surface area (Å²) in [5.41, 5.74) is 2.58. The molecule has 1 aromatic carbocycles. The zero-order valence-corrected chi connectivity index (χ0v) is 22.0. The summed E-state index contributed by atoms with van der Waals surface area (Å²) < 4.78 is 42.0. The van der Waals surface area contributed by atoms with Gasteiger partial charge in [-0.3, -0.25) is 19.9 Å². The molecule has 2 N–H and O–H groups in total. The number of nitrogens with one attached hydrogen (secondary N) is 2. The molecule has 2 saturated heterocycles. The Labute approximate surface area is 232 Å². The topological polar surface area (TPSA) is 109 Å². The van der Waals surface area contributed by atoms with E-state index in [2.05, 4.69) is 35.2 Å². The van der Waals surface area contributed by atoms with Crippen LogP contribution in [0.3, 0.4) is 0 Å². The average Bonchev–Trinajstić information content (AvgIpc) is 3.24. The largest absolute Gasteiger partial charge is 0.573 e. The van der Waals surface area contributed by atoms with Gasteiger partial charge in [-0.05, 0) is 73.0 Å². The third kappa shape index (κ3) is 7.16. The number of hydrogen-bond donors (Lipinski definition) is 2. The van der Waals surface area contributed by atoms with E-state index in [9.17, 15) is 22.8 Å². The SMILES string of the molecule is O=C1NC(=O)C(=Cc2ccnc(N3CCC(CNCc4cccnc4-c4cccc(OC(F)(F)F)c4)CC3)n2)S1. The van der Waals surface area contributed by atoms with Gasteiger partial charge in [-0.1, -0.05) is 18.2 Å². The minimum Gasteiger partial charge on any atom is -0.406 e. The number of pyridine rings is 1. The number of imide groups is 1. The van der Waals surface area contributed by atoms with Crippen LogP contribution in [0.25, 0.3) is 17.3 Å². The zero-order chi connectivity index (χ0) is 28.1. The van der Waals surface area contributed by atoms with Crippen molar-refractivity contribution in [3.63, 3.8) is 0 Å². The van der Waals surface area contributed by atoms with Crippen LogP contribution >= 0.6 is 11.8 Å². The maximum atomic E-state index is 12.7. The molecule has 2 fully saturated rings. The number of aromatic nitrogens is 3. The van der Waals surface area contributed by atoms with Crippen molar-refractivity contribution in [3.8, 4) is 17.0 Å². The normalized spacial score (nSPS) is 17.4. The third-order valence-electron chi connectivity index (χ3n) is 6.46. The van der Waals surface area contributed by atoms with E-state index in [0.717, 1.165) is 49.8 Å². The molecule has 2 aliphatic heterocycles. The highest BCUT2D eigenvalue weighted by atomic mass is 32.2. The van der Waals surface area contributed by atoms with E-state index in [-0.39, 0.29) is 5.75 Å². The van der Waals surface area contributed by atoms with E-state index in [4.69, 9.17) is 0 Å². The number of hydrogen-bond acceptors (Lipinski definition) is 9. The van der Waals surface area contributed by atoms with Crippen molar-refractivity contribution in [1.29, 1.82) is 0 Å². The molecular formula is C27H25F3N6O3S. The van der Waals surface area contributed by atoms with Gasteiger partial charge in [0.15, 0.2) is 0 Å². The van der Waals surface area contributed by atoms with Crippen molar-refractivity contribution in [1.82, 2.24) is 25.6 Å². The van der Waals surface area contributed by atoms with Crippen molar-refractivity contribution in [2.24, 2.45) is 5.92 Å². The maximum Gasteiger partial charge on any atom is 0.573 e. The molecule has 0 radical (unpaired) electrons. The smallest absolute Gasteiger partial charge is 0.406 e. The van der Waals surface area contributed by atoms with E-state index >= 15 is 0 Å². The predicted molar refractivity (Wildman–Crippen MR) is 144 cm³/mol. The number of amides is 2. The van der Waals surface area contributed by atoms with Gasteiger partial charge in [0.05, 0.1) is 16.3 Å². The number of carbonyl (C=O) groups is 2. The molecule has 2 amide bonds. The molecule has 13 heteroatoms. The Hall–Kier alpha value is -3.97. The van der Waals surface area contributed by atoms with Crippen LogP contribution in [0.4, 0.5) is 23.9 Å². The first-order valence-corrected chi connectivity index (χ1v) is 13.4. The molecule has 9 nitrogen and oxygen atoms in total. The van der Waals surface area contributed by atoms with Crippen LogP contribution in [-0.4, -0.2) is 52.1 Å². The minimum absolute atomic E-state index is 0.287. The lowest BCUT2D eigenvalue weighted by molar-refractivity contribution is -0.274. The Bertz CT molecular complexity index is 1430. The minimum atomic E-state index is -4.76. The van der Waals surface area contributed by atoms with E-state index in [1.165, 1.54) is 18.2 Å². The Morgan fingerprint density at radius 2 is 1.93 bits per heavy atom. The van der Waals surface area contributed by atoms with Gasteiger partial charge in [0.25, 0.3) is 11.1 Å². The van der Waals surface area contributed by atoms with Gasteiger partial charge >= 0.3 is 6.36 Å². The Morgan fingerprint density at radius 1 is 1.10 bits per heavy atom. The van der Waals surface area contributed by atoms with Gasteiger partial charge in [-0.2, -0.15) is 0 Å². The molecule has 0 saturated carbocycles. The summed E-state index contributed by atoms with van der Waals surface area (Å²) in [5, 5.41) is 5.30. The molecule has 0 aliphatic carbocycles. The highest BCUT2D eigenvalue weighted by Crippen LogP contribution is 2.29. The summed E-state index contributed by atoms with van der Waals surface area (Å²) in [6, 6.07) is 11.2. The van der Waals surface area contributed by atoms with Crippen molar-refractivity contribution in [3.05, 3.63) is 71.0 Å². The van der Waals surface area contributed by atoms with Crippen LogP contribution in [0.2, 0.25) is 0 Å². The summed E-state index contributed by atoms with van der Waals surface area (Å²) in [7, 11) is 0. The Balaban J connectivity index is 1.14. The first kappa shape index (κ1) is 27.6. The van der Waals surface area contributed by atoms with E-state index in [1.54, 1.807) is 36.7 Å². The predicted octanol–water partition coefficient (Wildman–Crippen LogP) is 4.77. The fourth-order valence-corrected chi connectivity index (χ4v) is 5.25. The van der Waals surface area contributed by atoms with E-state index in [0.29, 0.717) is 40.3 Å². The molecule has 3 aromatic rings. The molecule has 0 unspecified atom stereocenters. The first-order valence-electron chi connectivity index (χ1n) is 12.6.